The molecule has 2 aliphatic carbocycles. The van der Waals surface area contributed by atoms with E-state index in [0.717, 1.165) is 54.2 Å². The molecule has 5 rings (SSSR count). The molecule has 0 spiro atoms. The average Bonchev–Trinajstić information content (AvgIpc) is 2.99. The standard InChI is InChI=1S/C35H36BF3O/c1-2-3-4-23-5-7-24(8-6-23)25-9-13-27(14-10-25)30-18-17-29(21-32(30)37)26-11-15-28(16-12-26)31-19-20-33(40-22-36)35(39)34(31)38/h2,11-13,15-21,23-25H,1,3-10,14,22H2. The predicted molar refractivity (Wildman–Crippen MR) is 159 cm³/mol. The molecule has 1 nitrogen and oxygen atoms in total. The van der Waals surface area contributed by atoms with Crippen LogP contribution in [-0.4, -0.2) is 14.4 Å². The Hall–Kier alpha value is -3.21. The van der Waals surface area contributed by atoms with Crippen LogP contribution in [0.2, 0.25) is 0 Å². The fraction of sp³-hybridized carbons (Fsp3) is 0.371. The van der Waals surface area contributed by atoms with E-state index < -0.39 is 11.6 Å². The minimum Gasteiger partial charge on any atom is -0.500 e. The van der Waals surface area contributed by atoms with E-state index in [1.807, 2.05) is 18.2 Å². The van der Waals surface area contributed by atoms with Gasteiger partial charge in [0.2, 0.25) is 5.82 Å². The summed E-state index contributed by atoms with van der Waals surface area (Å²) in [5.74, 6) is -0.130. The molecule has 0 aliphatic heterocycles. The van der Waals surface area contributed by atoms with E-state index in [2.05, 4.69) is 12.7 Å². The van der Waals surface area contributed by atoms with E-state index in [0.29, 0.717) is 17.0 Å². The predicted octanol–water partition coefficient (Wildman–Crippen LogP) is 9.90. The number of benzene rings is 3. The van der Waals surface area contributed by atoms with Crippen LogP contribution >= 0.6 is 0 Å². The van der Waals surface area contributed by atoms with Gasteiger partial charge in [-0.3, -0.25) is 0 Å². The molecule has 40 heavy (non-hydrogen) atoms. The number of hydrogen-bond donors (Lipinski definition) is 0. The van der Waals surface area contributed by atoms with E-state index in [9.17, 15) is 8.78 Å². The fourth-order valence-electron chi connectivity index (χ4n) is 6.58. The summed E-state index contributed by atoms with van der Waals surface area (Å²) in [6.45, 7) is 3.62. The fourth-order valence-corrected chi connectivity index (χ4v) is 6.58. The summed E-state index contributed by atoms with van der Waals surface area (Å²) in [6.07, 6.45) is 15.1. The molecule has 1 atom stereocenters. The first-order chi connectivity index (χ1) is 19.5. The number of allylic oxidation sites excluding steroid dienone is 3. The van der Waals surface area contributed by atoms with Crippen molar-refractivity contribution < 1.29 is 17.9 Å². The molecule has 0 N–H and O–H groups in total. The van der Waals surface area contributed by atoms with Gasteiger partial charge >= 0.3 is 0 Å². The van der Waals surface area contributed by atoms with E-state index in [4.69, 9.17) is 12.6 Å². The Kier molecular flexibility index (Phi) is 9.19. The van der Waals surface area contributed by atoms with Crippen LogP contribution in [0.25, 0.3) is 27.8 Å². The summed E-state index contributed by atoms with van der Waals surface area (Å²) in [4.78, 5) is 0. The molecule has 1 unspecified atom stereocenters. The molecule has 5 heteroatoms. The molecule has 1 fully saturated rings. The molecular weight excluding hydrogens is 504 g/mol. The van der Waals surface area contributed by atoms with Crippen molar-refractivity contribution >= 4 is 13.4 Å². The Morgan fingerprint density at radius 3 is 2.15 bits per heavy atom. The zero-order valence-electron chi connectivity index (χ0n) is 23.0. The quantitative estimate of drug-likeness (QED) is 0.194. The van der Waals surface area contributed by atoms with Crippen LogP contribution in [-0.2, 0) is 0 Å². The normalized spacial score (nSPS) is 21.1. The third-order valence-corrected chi connectivity index (χ3v) is 8.92. The Bertz CT molecular complexity index is 1360. The molecule has 206 valence electrons. The lowest BCUT2D eigenvalue weighted by atomic mass is 9.70. The molecule has 2 aliphatic rings. The van der Waals surface area contributed by atoms with Crippen molar-refractivity contribution in [3.8, 4) is 28.0 Å². The second kappa shape index (κ2) is 13.0. The van der Waals surface area contributed by atoms with Crippen LogP contribution in [0, 0.1) is 35.2 Å². The van der Waals surface area contributed by atoms with Crippen molar-refractivity contribution in [1.82, 2.24) is 0 Å². The van der Waals surface area contributed by atoms with E-state index in [-0.39, 0.29) is 23.6 Å². The molecule has 0 bridgehead atoms. The molecule has 0 saturated heterocycles. The highest BCUT2D eigenvalue weighted by Crippen LogP contribution is 2.42. The zero-order chi connectivity index (χ0) is 28.1. The highest BCUT2D eigenvalue weighted by atomic mass is 19.2. The zero-order valence-corrected chi connectivity index (χ0v) is 23.0. The van der Waals surface area contributed by atoms with Crippen molar-refractivity contribution in [2.75, 3.05) is 6.51 Å². The van der Waals surface area contributed by atoms with Crippen LogP contribution in [0.15, 0.2) is 73.3 Å². The van der Waals surface area contributed by atoms with E-state index >= 15 is 4.39 Å². The third kappa shape index (κ3) is 6.24. The number of rotatable bonds is 9. The summed E-state index contributed by atoms with van der Waals surface area (Å²) >= 11 is 0. The minimum atomic E-state index is -1.07. The SMILES string of the molecule is [B]COc1ccc(-c2ccc(-c3ccc(C4=CCC(C5CCC(CCC=C)CC5)CC4)c(F)c3)cc2)c(F)c1F. The monoisotopic (exact) mass is 540 g/mol. The maximum Gasteiger partial charge on any atom is 0.201 e. The molecule has 1 saturated carbocycles. The number of hydrogen-bond acceptors (Lipinski definition) is 1. The van der Waals surface area contributed by atoms with Gasteiger partial charge in [-0.1, -0.05) is 61.4 Å². The lowest BCUT2D eigenvalue weighted by molar-refractivity contribution is 0.190. The van der Waals surface area contributed by atoms with Crippen LogP contribution in [0.1, 0.15) is 63.4 Å². The highest BCUT2D eigenvalue weighted by Gasteiger charge is 2.29. The van der Waals surface area contributed by atoms with Gasteiger partial charge in [0.25, 0.3) is 0 Å². The van der Waals surface area contributed by atoms with Gasteiger partial charge in [0.15, 0.2) is 11.6 Å². The topological polar surface area (TPSA) is 9.23 Å². The Morgan fingerprint density at radius 2 is 1.50 bits per heavy atom. The Morgan fingerprint density at radius 1 is 0.800 bits per heavy atom. The van der Waals surface area contributed by atoms with E-state index in [1.165, 1.54) is 44.2 Å². The molecular formula is C35H36BF3O. The third-order valence-electron chi connectivity index (χ3n) is 8.92. The molecule has 0 heterocycles. The van der Waals surface area contributed by atoms with Gasteiger partial charge in [0, 0.05) is 17.6 Å². The minimum absolute atomic E-state index is 0.123. The highest BCUT2D eigenvalue weighted by molar-refractivity contribution is 6.08. The molecule has 3 aromatic rings. The van der Waals surface area contributed by atoms with Crippen molar-refractivity contribution in [2.24, 2.45) is 17.8 Å². The Labute approximate surface area is 237 Å². The van der Waals surface area contributed by atoms with Crippen LogP contribution < -0.4 is 4.74 Å². The molecule has 0 amide bonds. The van der Waals surface area contributed by atoms with Crippen LogP contribution in [0.4, 0.5) is 13.2 Å². The van der Waals surface area contributed by atoms with Crippen molar-refractivity contribution in [3.05, 3.63) is 96.3 Å². The summed E-state index contributed by atoms with van der Waals surface area (Å²) < 4.78 is 49.1. The summed E-state index contributed by atoms with van der Waals surface area (Å²) in [6, 6.07) is 15.2. The lowest BCUT2D eigenvalue weighted by Crippen LogP contribution is -2.23. The lowest BCUT2D eigenvalue weighted by Gasteiger charge is -2.35. The largest absolute Gasteiger partial charge is 0.500 e. The van der Waals surface area contributed by atoms with Crippen molar-refractivity contribution in [3.63, 3.8) is 0 Å². The van der Waals surface area contributed by atoms with Gasteiger partial charge in [-0.25, -0.2) is 8.78 Å². The number of halogens is 3. The van der Waals surface area contributed by atoms with Gasteiger partial charge in [0.1, 0.15) is 13.7 Å². The van der Waals surface area contributed by atoms with Crippen molar-refractivity contribution in [2.45, 2.75) is 57.8 Å². The average molecular weight is 540 g/mol. The van der Waals surface area contributed by atoms with Crippen LogP contribution in [0.5, 0.6) is 5.75 Å². The van der Waals surface area contributed by atoms with Gasteiger partial charge < -0.3 is 4.74 Å². The van der Waals surface area contributed by atoms with Crippen molar-refractivity contribution in [1.29, 1.82) is 0 Å². The van der Waals surface area contributed by atoms with E-state index in [1.54, 1.807) is 30.3 Å². The summed E-state index contributed by atoms with van der Waals surface area (Å²) in [5.41, 5.74) is 3.98. The maximum atomic E-state index is 15.3. The second-order valence-corrected chi connectivity index (χ2v) is 11.2. The summed E-state index contributed by atoms with van der Waals surface area (Å²) in [5, 5.41) is 0. The first-order valence-corrected chi connectivity index (χ1v) is 14.5. The Balaban J connectivity index is 1.23. The van der Waals surface area contributed by atoms with Gasteiger partial charge in [-0.15, -0.1) is 6.58 Å². The molecule has 3 aromatic carbocycles. The van der Waals surface area contributed by atoms with Crippen LogP contribution in [0.3, 0.4) is 0 Å². The smallest absolute Gasteiger partial charge is 0.201 e. The van der Waals surface area contributed by atoms with Gasteiger partial charge in [-0.05, 0) is 103 Å². The van der Waals surface area contributed by atoms with Gasteiger partial charge in [-0.2, -0.15) is 4.39 Å². The second-order valence-electron chi connectivity index (χ2n) is 11.2. The van der Waals surface area contributed by atoms with Gasteiger partial charge in [0.05, 0.1) is 0 Å². The summed E-state index contributed by atoms with van der Waals surface area (Å²) in [7, 11) is 5.27. The first kappa shape index (κ1) is 28.3. The maximum absolute atomic E-state index is 15.3. The molecule has 2 radical (unpaired) electrons. The number of ether oxygens (including phenoxy) is 1. The molecule has 0 aromatic heterocycles. The first-order valence-electron chi connectivity index (χ1n) is 14.5.